The van der Waals surface area contributed by atoms with E-state index in [1.54, 1.807) is 11.3 Å². The zero-order valence-corrected chi connectivity index (χ0v) is 12.5. The van der Waals surface area contributed by atoms with E-state index in [9.17, 15) is 4.79 Å². The molecule has 0 saturated carbocycles. The Morgan fingerprint density at radius 3 is 3.16 bits per heavy atom. The van der Waals surface area contributed by atoms with Gasteiger partial charge in [-0.05, 0) is 32.1 Å². The van der Waals surface area contributed by atoms with Gasteiger partial charge in [0.25, 0.3) is 0 Å². The predicted octanol–water partition coefficient (Wildman–Crippen LogP) is 2.88. The van der Waals surface area contributed by atoms with E-state index in [2.05, 4.69) is 16.8 Å². The number of nitrogens with zero attached hydrogens (tertiary/aromatic N) is 2. The third-order valence-corrected chi connectivity index (χ3v) is 4.41. The number of carbonyl (C=O) groups excluding carboxylic acids is 1. The molecule has 1 atom stereocenters. The lowest BCUT2D eigenvalue weighted by molar-refractivity contribution is -0.142. The summed E-state index contributed by atoms with van der Waals surface area (Å²) in [6.07, 6.45) is 4.05. The first-order valence-electron chi connectivity index (χ1n) is 7.04. The lowest BCUT2D eigenvalue weighted by atomic mass is 10.0. The molecule has 1 aliphatic heterocycles. The quantitative estimate of drug-likeness (QED) is 0.796. The van der Waals surface area contributed by atoms with Crippen LogP contribution in [0.5, 0.6) is 0 Å². The molecular weight excluding hydrogens is 260 g/mol. The molecule has 4 nitrogen and oxygen atoms in total. The number of thiazole rings is 1. The lowest BCUT2D eigenvalue weighted by Gasteiger charge is -2.18. The summed E-state index contributed by atoms with van der Waals surface area (Å²) < 4.78 is 4.95. The van der Waals surface area contributed by atoms with Crippen LogP contribution in [0, 0.1) is 5.92 Å². The van der Waals surface area contributed by atoms with Crippen molar-refractivity contribution in [1.82, 2.24) is 4.98 Å². The van der Waals surface area contributed by atoms with Crippen LogP contribution in [0.1, 0.15) is 38.8 Å². The molecule has 2 rings (SSSR count). The molecule has 0 bridgehead atoms. The van der Waals surface area contributed by atoms with Crippen molar-refractivity contribution in [3.05, 3.63) is 11.1 Å². The van der Waals surface area contributed by atoms with Crippen LogP contribution in [-0.2, 0) is 16.0 Å². The molecule has 1 saturated heterocycles. The SMILES string of the molecule is CCOC(=O)Cc1csc(N2CCCC(C)CC2)n1. The summed E-state index contributed by atoms with van der Waals surface area (Å²) in [4.78, 5) is 18.3. The van der Waals surface area contributed by atoms with E-state index in [0.29, 0.717) is 6.61 Å². The number of ether oxygens (including phenoxy) is 1. The van der Waals surface area contributed by atoms with Crippen molar-refractivity contribution in [2.45, 2.75) is 39.5 Å². The fourth-order valence-electron chi connectivity index (χ4n) is 2.34. The van der Waals surface area contributed by atoms with E-state index in [1.807, 2.05) is 12.3 Å². The Morgan fingerprint density at radius 2 is 2.37 bits per heavy atom. The number of hydrogen-bond acceptors (Lipinski definition) is 5. The molecule has 0 radical (unpaired) electrons. The van der Waals surface area contributed by atoms with Gasteiger partial charge in [0.15, 0.2) is 5.13 Å². The van der Waals surface area contributed by atoms with Gasteiger partial charge in [-0.15, -0.1) is 11.3 Å². The highest BCUT2D eigenvalue weighted by Gasteiger charge is 2.17. The summed E-state index contributed by atoms with van der Waals surface area (Å²) >= 11 is 1.63. The standard InChI is InChI=1S/C14H22N2O2S/c1-3-18-13(17)9-12-10-19-14(15-12)16-7-4-5-11(2)6-8-16/h10-11H,3-9H2,1-2H3. The van der Waals surface area contributed by atoms with Gasteiger partial charge in [0.2, 0.25) is 0 Å². The summed E-state index contributed by atoms with van der Waals surface area (Å²) in [5, 5.41) is 3.02. The van der Waals surface area contributed by atoms with Gasteiger partial charge in [-0.25, -0.2) is 4.98 Å². The van der Waals surface area contributed by atoms with Crippen LogP contribution in [0.25, 0.3) is 0 Å². The molecule has 1 unspecified atom stereocenters. The number of anilines is 1. The highest BCUT2D eigenvalue weighted by molar-refractivity contribution is 7.13. The smallest absolute Gasteiger partial charge is 0.311 e. The number of hydrogen-bond donors (Lipinski definition) is 0. The van der Waals surface area contributed by atoms with E-state index in [0.717, 1.165) is 29.8 Å². The Balaban J connectivity index is 1.94. The fourth-order valence-corrected chi connectivity index (χ4v) is 3.22. The third-order valence-electron chi connectivity index (χ3n) is 3.46. The average Bonchev–Trinajstić information content (AvgIpc) is 2.71. The largest absolute Gasteiger partial charge is 0.466 e. The summed E-state index contributed by atoms with van der Waals surface area (Å²) in [6, 6.07) is 0. The van der Waals surface area contributed by atoms with Crippen molar-refractivity contribution in [2.24, 2.45) is 5.92 Å². The highest BCUT2D eigenvalue weighted by atomic mass is 32.1. The molecule has 1 aromatic heterocycles. The minimum absolute atomic E-state index is 0.191. The van der Waals surface area contributed by atoms with Gasteiger partial charge in [0, 0.05) is 18.5 Å². The molecule has 106 valence electrons. The van der Waals surface area contributed by atoms with Gasteiger partial charge < -0.3 is 9.64 Å². The Kier molecular flexibility index (Phi) is 5.19. The maximum atomic E-state index is 11.4. The van der Waals surface area contributed by atoms with Crippen LogP contribution < -0.4 is 4.90 Å². The molecule has 0 amide bonds. The molecular formula is C14H22N2O2S. The first kappa shape index (κ1) is 14.3. The molecule has 2 heterocycles. The normalized spacial score (nSPS) is 20.1. The Morgan fingerprint density at radius 1 is 1.53 bits per heavy atom. The van der Waals surface area contributed by atoms with Gasteiger partial charge in [0.1, 0.15) is 0 Å². The zero-order chi connectivity index (χ0) is 13.7. The topological polar surface area (TPSA) is 42.4 Å². The minimum Gasteiger partial charge on any atom is -0.466 e. The summed E-state index contributed by atoms with van der Waals surface area (Å²) in [5.74, 6) is 0.618. The van der Waals surface area contributed by atoms with Crippen molar-refractivity contribution in [3.8, 4) is 0 Å². The van der Waals surface area contributed by atoms with E-state index in [4.69, 9.17) is 4.74 Å². The molecule has 1 aromatic rings. The van der Waals surface area contributed by atoms with Gasteiger partial charge in [-0.3, -0.25) is 4.79 Å². The van der Waals surface area contributed by atoms with Crippen LogP contribution >= 0.6 is 11.3 Å². The summed E-state index contributed by atoms with van der Waals surface area (Å²) in [5.41, 5.74) is 0.829. The second kappa shape index (κ2) is 6.89. The van der Waals surface area contributed by atoms with Crippen LogP contribution in [-0.4, -0.2) is 30.6 Å². The molecule has 0 spiro atoms. The molecule has 0 N–H and O–H groups in total. The van der Waals surface area contributed by atoms with E-state index in [1.165, 1.54) is 19.3 Å². The molecule has 1 fully saturated rings. The molecule has 0 aromatic carbocycles. The van der Waals surface area contributed by atoms with E-state index < -0.39 is 0 Å². The van der Waals surface area contributed by atoms with Gasteiger partial charge in [-0.1, -0.05) is 6.92 Å². The van der Waals surface area contributed by atoms with Crippen LogP contribution in [0.15, 0.2) is 5.38 Å². The Labute approximate surface area is 118 Å². The first-order valence-corrected chi connectivity index (χ1v) is 7.92. The monoisotopic (exact) mass is 282 g/mol. The fraction of sp³-hybridized carbons (Fsp3) is 0.714. The summed E-state index contributed by atoms with van der Waals surface area (Å²) in [7, 11) is 0. The van der Waals surface area contributed by atoms with Crippen molar-refractivity contribution in [3.63, 3.8) is 0 Å². The number of aromatic nitrogens is 1. The molecule has 5 heteroatoms. The predicted molar refractivity (Wildman–Crippen MR) is 77.7 cm³/mol. The van der Waals surface area contributed by atoms with Gasteiger partial charge in [-0.2, -0.15) is 0 Å². The maximum absolute atomic E-state index is 11.4. The number of esters is 1. The van der Waals surface area contributed by atoms with Crippen LogP contribution in [0.2, 0.25) is 0 Å². The van der Waals surface area contributed by atoms with Crippen molar-refractivity contribution < 1.29 is 9.53 Å². The Bertz CT molecular complexity index is 419. The van der Waals surface area contributed by atoms with Crippen LogP contribution in [0.4, 0.5) is 5.13 Å². The van der Waals surface area contributed by atoms with Gasteiger partial charge >= 0.3 is 5.97 Å². The zero-order valence-electron chi connectivity index (χ0n) is 11.7. The second-order valence-electron chi connectivity index (χ2n) is 5.13. The average molecular weight is 282 g/mol. The van der Waals surface area contributed by atoms with Crippen LogP contribution in [0.3, 0.4) is 0 Å². The first-order chi connectivity index (χ1) is 9.19. The van der Waals surface area contributed by atoms with E-state index >= 15 is 0 Å². The van der Waals surface area contributed by atoms with Crippen molar-refractivity contribution in [2.75, 3.05) is 24.6 Å². The minimum atomic E-state index is -0.191. The number of carbonyl (C=O) groups is 1. The Hall–Kier alpha value is -1.10. The summed E-state index contributed by atoms with van der Waals surface area (Å²) in [6.45, 7) is 6.73. The molecule has 19 heavy (non-hydrogen) atoms. The van der Waals surface area contributed by atoms with Crippen molar-refractivity contribution in [1.29, 1.82) is 0 Å². The maximum Gasteiger partial charge on any atom is 0.311 e. The molecule has 1 aliphatic rings. The van der Waals surface area contributed by atoms with Crippen molar-refractivity contribution >= 4 is 22.4 Å². The number of rotatable bonds is 4. The molecule has 0 aliphatic carbocycles. The third kappa shape index (κ3) is 4.20. The second-order valence-corrected chi connectivity index (χ2v) is 5.96. The highest BCUT2D eigenvalue weighted by Crippen LogP contribution is 2.25. The van der Waals surface area contributed by atoms with E-state index in [-0.39, 0.29) is 12.4 Å². The van der Waals surface area contributed by atoms with Gasteiger partial charge in [0.05, 0.1) is 18.7 Å². The lowest BCUT2D eigenvalue weighted by Crippen LogP contribution is -2.24.